The molecule has 0 spiro atoms. The van der Waals surface area contributed by atoms with E-state index in [9.17, 15) is 23.6 Å². The van der Waals surface area contributed by atoms with Crippen molar-refractivity contribution >= 4 is 29.3 Å². The lowest BCUT2D eigenvalue weighted by Crippen LogP contribution is -2.58. The summed E-state index contributed by atoms with van der Waals surface area (Å²) in [7, 11) is 0. The number of anilines is 1. The third-order valence-electron chi connectivity index (χ3n) is 7.29. The Morgan fingerprint density at radius 3 is 2.62 bits per heavy atom. The Balaban J connectivity index is 1.34. The highest BCUT2D eigenvalue weighted by Gasteiger charge is 2.44. The van der Waals surface area contributed by atoms with Gasteiger partial charge in [0, 0.05) is 6.42 Å². The van der Waals surface area contributed by atoms with Crippen LogP contribution in [0.2, 0.25) is 0 Å². The second-order valence-corrected chi connectivity index (χ2v) is 10.3. The maximum absolute atomic E-state index is 14.2. The summed E-state index contributed by atoms with van der Waals surface area (Å²) in [5, 5.41) is 18.4. The van der Waals surface area contributed by atoms with Gasteiger partial charge in [-0.05, 0) is 42.0 Å². The van der Waals surface area contributed by atoms with E-state index in [1.54, 1.807) is 13.8 Å². The molecule has 4 amide bonds. The average Bonchev–Trinajstić information content (AvgIpc) is 3.57. The predicted molar refractivity (Wildman–Crippen MR) is 142 cm³/mol. The van der Waals surface area contributed by atoms with Gasteiger partial charge in [-0.3, -0.25) is 24.1 Å². The molecule has 0 aliphatic carbocycles. The number of halogens is 1. The van der Waals surface area contributed by atoms with Crippen LogP contribution in [0.3, 0.4) is 0 Å². The van der Waals surface area contributed by atoms with Crippen LogP contribution in [0.5, 0.6) is 0 Å². The Labute approximate surface area is 229 Å². The summed E-state index contributed by atoms with van der Waals surface area (Å²) in [5.41, 5.74) is 2.89. The number of aromatic nitrogens is 3. The van der Waals surface area contributed by atoms with E-state index in [0.29, 0.717) is 30.6 Å². The average molecular weight is 548 g/mol. The van der Waals surface area contributed by atoms with Crippen LogP contribution in [0.25, 0.3) is 0 Å². The van der Waals surface area contributed by atoms with Gasteiger partial charge in [0.2, 0.25) is 17.7 Å². The number of rotatable bonds is 8. The topological polar surface area (TPSA) is 149 Å². The van der Waals surface area contributed by atoms with Crippen molar-refractivity contribution in [1.29, 1.82) is 0 Å². The minimum absolute atomic E-state index is 0.148. The number of aryl methyl sites for hydroxylation is 1. The number of hydrogen-bond acceptors (Lipinski definition) is 6. The molecule has 208 valence electrons. The van der Waals surface area contributed by atoms with Gasteiger partial charge in [-0.1, -0.05) is 44.2 Å². The van der Waals surface area contributed by atoms with Gasteiger partial charge >= 0.3 is 0 Å². The van der Waals surface area contributed by atoms with Crippen molar-refractivity contribution in [3.8, 4) is 0 Å². The van der Waals surface area contributed by atoms with Crippen LogP contribution in [0.4, 0.5) is 10.1 Å². The van der Waals surface area contributed by atoms with Gasteiger partial charge in [-0.2, -0.15) is 15.4 Å². The fourth-order valence-electron chi connectivity index (χ4n) is 5.24. The Morgan fingerprint density at radius 1 is 1.12 bits per heavy atom. The van der Waals surface area contributed by atoms with Gasteiger partial charge in [0.1, 0.15) is 29.6 Å². The second-order valence-electron chi connectivity index (χ2n) is 10.3. The van der Waals surface area contributed by atoms with E-state index in [0.717, 1.165) is 11.1 Å². The number of amides is 4. The molecule has 0 fully saturated rings. The molecule has 0 unspecified atom stereocenters. The van der Waals surface area contributed by atoms with E-state index in [1.807, 2.05) is 18.2 Å². The van der Waals surface area contributed by atoms with Gasteiger partial charge in [0.15, 0.2) is 0 Å². The Kier molecular flexibility index (Phi) is 7.58. The van der Waals surface area contributed by atoms with Crippen LogP contribution >= 0.6 is 0 Å². The first-order valence-electron chi connectivity index (χ1n) is 13.2. The number of para-hydroxylation sites is 1. The van der Waals surface area contributed by atoms with E-state index in [-0.39, 0.29) is 23.9 Å². The molecule has 3 aromatic rings. The number of carbonyl (C=O) groups is 4. The molecule has 0 radical (unpaired) electrons. The highest BCUT2D eigenvalue weighted by molar-refractivity contribution is 6.08. The highest BCUT2D eigenvalue weighted by Crippen LogP contribution is 2.39. The van der Waals surface area contributed by atoms with E-state index < -0.39 is 41.7 Å². The van der Waals surface area contributed by atoms with Gasteiger partial charge < -0.3 is 16.0 Å². The minimum Gasteiger partial charge on any atom is -0.348 e. The molecule has 2 aliphatic heterocycles. The number of hydrogen-bond donors (Lipinski definition) is 4. The molecule has 0 saturated heterocycles. The molecule has 3 heterocycles. The van der Waals surface area contributed by atoms with E-state index in [1.165, 1.54) is 35.4 Å². The Bertz CT molecular complexity index is 1440. The summed E-state index contributed by atoms with van der Waals surface area (Å²) in [6.45, 7) is 3.65. The molecule has 0 bridgehead atoms. The zero-order valence-corrected chi connectivity index (χ0v) is 22.1. The fourth-order valence-corrected chi connectivity index (χ4v) is 5.24. The van der Waals surface area contributed by atoms with E-state index in [4.69, 9.17) is 0 Å². The summed E-state index contributed by atoms with van der Waals surface area (Å²) < 4.78 is 14.2. The third-order valence-corrected chi connectivity index (χ3v) is 7.29. The molecular weight excluding hydrogens is 517 g/mol. The van der Waals surface area contributed by atoms with Crippen molar-refractivity contribution in [3.05, 3.63) is 76.9 Å². The number of aromatic amines is 1. The summed E-state index contributed by atoms with van der Waals surface area (Å²) in [4.78, 5) is 54.8. The minimum atomic E-state index is -1.01. The first kappa shape index (κ1) is 27.0. The Hall–Kier alpha value is -4.61. The van der Waals surface area contributed by atoms with Gasteiger partial charge in [-0.25, -0.2) is 4.39 Å². The van der Waals surface area contributed by atoms with Crippen LogP contribution in [0.1, 0.15) is 47.4 Å². The van der Waals surface area contributed by atoms with Crippen LogP contribution in [-0.2, 0) is 33.8 Å². The van der Waals surface area contributed by atoms with Crippen molar-refractivity contribution in [3.63, 3.8) is 0 Å². The standard InChI is InChI=1S/C28H30FN7O4/c1-15(2)23(33-25(37)19-8-3-4-9-20(19)29)27(39)32-21-11-10-16-6-5-7-17-12-22(36(24(16)17)28(21)40)26(38)30-13-18-14-31-35-34-18/h3-9,14-15,21-23H,10-13H2,1-2H3,(H,30,38)(H,32,39)(H,33,37)(H,31,34,35)/t21-,22-,23-/m0/s1. The van der Waals surface area contributed by atoms with Crippen LogP contribution in [-0.4, -0.2) is 57.2 Å². The second kappa shape index (κ2) is 11.2. The zero-order valence-electron chi connectivity index (χ0n) is 22.1. The quantitative estimate of drug-likeness (QED) is 0.335. The number of nitrogens with one attached hydrogen (secondary N) is 4. The SMILES string of the molecule is CC(C)[C@H](NC(=O)c1ccccc1F)C(=O)N[C@H]1CCc2cccc3c2N(C1=O)[C@H](C(=O)NCc1cn[nH]n1)C3. The molecule has 11 nitrogen and oxygen atoms in total. The summed E-state index contributed by atoms with van der Waals surface area (Å²) in [6.07, 6.45) is 2.67. The maximum atomic E-state index is 14.2. The molecular formula is C28H30FN7O4. The van der Waals surface area contributed by atoms with Crippen molar-refractivity contribution < 1.29 is 23.6 Å². The van der Waals surface area contributed by atoms with Crippen molar-refractivity contribution in [1.82, 2.24) is 31.4 Å². The normalized spacial score (nSPS) is 18.6. The predicted octanol–water partition coefficient (Wildman–Crippen LogP) is 1.40. The molecule has 40 heavy (non-hydrogen) atoms. The molecule has 2 aliphatic rings. The zero-order chi connectivity index (χ0) is 28.4. The van der Waals surface area contributed by atoms with Crippen molar-refractivity contribution in [2.24, 2.45) is 5.92 Å². The highest BCUT2D eigenvalue weighted by atomic mass is 19.1. The number of H-pyrrole nitrogens is 1. The lowest BCUT2D eigenvalue weighted by atomic mass is 9.99. The first-order valence-corrected chi connectivity index (χ1v) is 13.2. The molecule has 2 aromatic carbocycles. The van der Waals surface area contributed by atoms with Crippen molar-refractivity contribution in [2.75, 3.05) is 4.90 Å². The van der Waals surface area contributed by atoms with Crippen LogP contribution in [0, 0.1) is 11.7 Å². The lowest BCUT2D eigenvalue weighted by molar-refractivity contribution is -0.130. The Morgan fingerprint density at radius 2 is 1.90 bits per heavy atom. The lowest BCUT2D eigenvalue weighted by Gasteiger charge is -2.29. The number of benzene rings is 2. The molecule has 12 heteroatoms. The molecule has 1 aromatic heterocycles. The first-order chi connectivity index (χ1) is 19.2. The van der Waals surface area contributed by atoms with Gasteiger partial charge in [-0.15, -0.1) is 0 Å². The van der Waals surface area contributed by atoms with Crippen LogP contribution < -0.4 is 20.9 Å². The van der Waals surface area contributed by atoms with E-state index >= 15 is 0 Å². The molecule has 5 rings (SSSR count). The van der Waals surface area contributed by atoms with Crippen LogP contribution in [0.15, 0.2) is 48.7 Å². The summed E-state index contributed by atoms with van der Waals surface area (Å²) in [5.74, 6) is -3.07. The monoisotopic (exact) mass is 547 g/mol. The van der Waals surface area contributed by atoms with Gasteiger partial charge in [0.25, 0.3) is 5.91 Å². The third kappa shape index (κ3) is 5.29. The summed E-state index contributed by atoms with van der Waals surface area (Å²) in [6, 6.07) is 8.50. The molecule has 0 saturated carbocycles. The molecule has 4 N–H and O–H groups in total. The smallest absolute Gasteiger partial charge is 0.254 e. The number of carbonyl (C=O) groups excluding carboxylic acids is 4. The largest absolute Gasteiger partial charge is 0.348 e. The van der Waals surface area contributed by atoms with Gasteiger partial charge in [0.05, 0.1) is 24.0 Å². The van der Waals surface area contributed by atoms with Crippen molar-refractivity contribution in [2.45, 2.75) is 57.8 Å². The number of nitrogens with zero attached hydrogens (tertiary/aromatic N) is 3. The van der Waals surface area contributed by atoms with E-state index in [2.05, 4.69) is 31.4 Å². The summed E-state index contributed by atoms with van der Waals surface area (Å²) >= 11 is 0. The molecule has 3 atom stereocenters. The maximum Gasteiger partial charge on any atom is 0.254 e. The fraction of sp³-hybridized carbons (Fsp3) is 0.357.